The molecule has 2 atom stereocenters. The van der Waals surface area contributed by atoms with Crippen LogP contribution >= 0.6 is 22.7 Å². The Kier molecular flexibility index (Phi) is 10.1. The van der Waals surface area contributed by atoms with E-state index in [2.05, 4.69) is 10.6 Å². The average molecular weight is 595 g/mol. The number of hydrogen-bond acceptors (Lipinski definition) is 8. The standard InChI is InChI=1S/C26H34N4O6S3/c1-16(2)13-19(29-25(32)36-26(3,4)5)23(31)27-20(24-28-21(15-38-24)22-7-6-12-37-22)14-17-8-10-18(11-9-17)30-39(33,34)35/h6-12,15-16,19-20,30H,13-14H2,1-5H3,(H,27,31)(H,29,32)(H,33,34,35). The van der Waals surface area contributed by atoms with E-state index in [0.717, 1.165) is 16.1 Å². The SMILES string of the molecule is CC(C)CC(NC(=O)OC(C)(C)C)C(=O)NC(Cc1ccc(NS(=O)(=O)O)cc1)c1nc(-c2cccs2)cs1. The zero-order valence-electron chi connectivity index (χ0n) is 22.4. The Hall–Kier alpha value is -3.00. The Morgan fingerprint density at radius 3 is 2.33 bits per heavy atom. The largest absolute Gasteiger partial charge is 0.444 e. The highest BCUT2D eigenvalue weighted by Crippen LogP contribution is 2.30. The van der Waals surface area contributed by atoms with Gasteiger partial charge in [0, 0.05) is 5.38 Å². The third-order valence-corrected chi connectivity index (χ3v) is 7.61. The lowest BCUT2D eigenvalue weighted by Crippen LogP contribution is -2.49. The van der Waals surface area contributed by atoms with Crippen LogP contribution in [-0.4, -0.2) is 41.6 Å². The summed E-state index contributed by atoms with van der Waals surface area (Å²) in [4.78, 5) is 31.8. The summed E-state index contributed by atoms with van der Waals surface area (Å²) in [5.74, 6) is -0.237. The number of alkyl carbamates (subject to hydrolysis) is 1. The van der Waals surface area contributed by atoms with E-state index in [1.54, 1.807) is 44.2 Å². The van der Waals surface area contributed by atoms with E-state index >= 15 is 0 Å². The lowest BCUT2D eigenvalue weighted by molar-refractivity contribution is -0.124. The van der Waals surface area contributed by atoms with Crippen LogP contribution in [0.5, 0.6) is 0 Å². The number of hydrogen-bond donors (Lipinski definition) is 4. The number of anilines is 1. The number of amides is 2. The monoisotopic (exact) mass is 594 g/mol. The molecule has 1 aromatic carbocycles. The van der Waals surface area contributed by atoms with Crippen molar-refractivity contribution in [1.82, 2.24) is 15.6 Å². The first kappa shape index (κ1) is 30.5. The number of carbonyl (C=O) groups is 2. The number of aromatic nitrogens is 1. The van der Waals surface area contributed by atoms with Gasteiger partial charge in [0.15, 0.2) is 0 Å². The Morgan fingerprint density at radius 1 is 1.08 bits per heavy atom. The molecule has 0 bridgehead atoms. The number of carbonyl (C=O) groups excluding carboxylic acids is 2. The van der Waals surface area contributed by atoms with Crippen LogP contribution in [0.1, 0.15) is 57.7 Å². The molecule has 39 heavy (non-hydrogen) atoms. The molecule has 0 aliphatic rings. The maximum Gasteiger partial charge on any atom is 0.408 e. The molecule has 2 heterocycles. The first-order chi connectivity index (χ1) is 18.2. The van der Waals surface area contributed by atoms with Gasteiger partial charge in [0.05, 0.1) is 22.3 Å². The van der Waals surface area contributed by atoms with Crippen LogP contribution in [-0.2, 0) is 26.3 Å². The van der Waals surface area contributed by atoms with Gasteiger partial charge in [-0.05, 0) is 68.7 Å². The van der Waals surface area contributed by atoms with Crippen LogP contribution in [0.25, 0.3) is 10.6 Å². The highest BCUT2D eigenvalue weighted by molar-refractivity contribution is 7.87. The summed E-state index contributed by atoms with van der Waals surface area (Å²) in [6.07, 6.45) is 0.0957. The summed E-state index contributed by atoms with van der Waals surface area (Å²) in [7, 11) is -4.39. The molecule has 2 aromatic heterocycles. The summed E-state index contributed by atoms with van der Waals surface area (Å²) in [6, 6.07) is 9.02. The summed E-state index contributed by atoms with van der Waals surface area (Å²) in [5.41, 5.74) is 1.10. The number of benzene rings is 1. The van der Waals surface area contributed by atoms with Crippen molar-refractivity contribution >= 4 is 50.7 Å². The fourth-order valence-corrected chi connectivity index (χ4v) is 5.77. The van der Waals surface area contributed by atoms with Crippen molar-refractivity contribution in [3.63, 3.8) is 0 Å². The van der Waals surface area contributed by atoms with Gasteiger partial charge < -0.3 is 15.4 Å². The van der Waals surface area contributed by atoms with Gasteiger partial charge in [-0.1, -0.05) is 32.0 Å². The smallest absolute Gasteiger partial charge is 0.408 e. The molecular weight excluding hydrogens is 561 g/mol. The maximum atomic E-state index is 13.5. The van der Waals surface area contributed by atoms with Gasteiger partial charge in [-0.2, -0.15) is 8.42 Å². The summed E-state index contributed by atoms with van der Waals surface area (Å²) in [6.45, 7) is 9.19. The Bertz CT molecular complexity index is 1350. The lowest BCUT2D eigenvalue weighted by Gasteiger charge is -2.26. The molecule has 3 rings (SSSR count). The predicted molar refractivity (Wildman–Crippen MR) is 154 cm³/mol. The summed E-state index contributed by atoms with van der Waals surface area (Å²) >= 11 is 2.99. The first-order valence-electron chi connectivity index (χ1n) is 12.3. The van der Waals surface area contributed by atoms with Gasteiger partial charge in [-0.15, -0.1) is 22.7 Å². The van der Waals surface area contributed by atoms with Crippen LogP contribution in [0.2, 0.25) is 0 Å². The van der Waals surface area contributed by atoms with Gasteiger partial charge >= 0.3 is 16.4 Å². The van der Waals surface area contributed by atoms with E-state index in [0.29, 0.717) is 17.8 Å². The number of nitrogens with one attached hydrogen (secondary N) is 3. The van der Waals surface area contributed by atoms with Crippen molar-refractivity contribution in [2.45, 2.75) is 65.1 Å². The van der Waals surface area contributed by atoms with E-state index < -0.39 is 34.1 Å². The van der Waals surface area contributed by atoms with Gasteiger partial charge in [-0.25, -0.2) is 9.78 Å². The minimum Gasteiger partial charge on any atom is -0.444 e. The molecule has 2 amide bonds. The third kappa shape index (κ3) is 10.2. The Morgan fingerprint density at radius 2 is 1.77 bits per heavy atom. The highest BCUT2D eigenvalue weighted by Gasteiger charge is 2.28. The van der Waals surface area contributed by atoms with Crippen molar-refractivity contribution in [2.75, 3.05) is 4.72 Å². The number of thiophene rings is 1. The molecule has 212 valence electrons. The molecule has 0 saturated heterocycles. The van der Waals surface area contributed by atoms with E-state index in [4.69, 9.17) is 14.3 Å². The van der Waals surface area contributed by atoms with Crippen molar-refractivity contribution in [2.24, 2.45) is 5.92 Å². The van der Waals surface area contributed by atoms with Gasteiger partial charge in [0.2, 0.25) is 5.91 Å². The van der Waals surface area contributed by atoms with E-state index in [-0.39, 0.29) is 17.5 Å². The van der Waals surface area contributed by atoms with Crippen LogP contribution in [0, 0.1) is 5.92 Å². The number of thiazole rings is 1. The van der Waals surface area contributed by atoms with Gasteiger partial charge in [0.1, 0.15) is 16.7 Å². The molecule has 4 N–H and O–H groups in total. The minimum atomic E-state index is -4.39. The quantitative estimate of drug-likeness (QED) is 0.217. The van der Waals surface area contributed by atoms with Crippen LogP contribution in [0.3, 0.4) is 0 Å². The second-order valence-corrected chi connectivity index (χ2v) is 13.4. The fraction of sp³-hybridized carbons (Fsp3) is 0.423. The van der Waals surface area contributed by atoms with Gasteiger partial charge in [-0.3, -0.25) is 14.1 Å². The fourth-order valence-electron chi connectivity index (χ4n) is 3.70. The molecular formula is C26H34N4O6S3. The molecule has 2 unspecified atom stereocenters. The Balaban J connectivity index is 1.85. The molecule has 10 nitrogen and oxygen atoms in total. The average Bonchev–Trinajstić information content (AvgIpc) is 3.49. The third-order valence-electron chi connectivity index (χ3n) is 5.27. The topological polar surface area (TPSA) is 147 Å². The number of ether oxygens (including phenoxy) is 1. The van der Waals surface area contributed by atoms with E-state index in [1.165, 1.54) is 23.5 Å². The molecule has 0 aliphatic heterocycles. The van der Waals surface area contributed by atoms with Crippen LogP contribution in [0.4, 0.5) is 10.5 Å². The molecule has 0 saturated carbocycles. The van der Waals surface area contributed by atoms with Crippen molar-refractivity contribution < 1.29 is 27.3 Å². The van der Waals surface area contributed by atoms with Crippen molar-refractivity contribution in [1.29, 1.82) is 0 Å². The van der Waals surface area contributed by atoms with Gasteiger partial charge in [0.25, 0.3) is 0 Å². The van der Waals surface area contributed by atoms with E-state index in [1.807, 2.05) is 41.5 Å². The second kappa shape index (κ2) is 12.9. The zero-order valence-corrected chi connectivity index (χ0v) is 24.9. The maximum absolute atomic E-state index is 13.5. The summed E-state index contributed by atoms with van der Waals surface area (Å²) in [5, 5.41) is 10.4. The Labute approximate surface area is 237 Å². The molecule has 0 spiro atoms. The number of rotatable bonds is 11. The first-order valence-corrected chi connectivity index (χ1v) is 15.5. The highest BCUT2D eigenvalue weighted by atomic mass is 32.2. The predicted octanol–water partition coefficient (Wildman–Crippen LogP) is 5.43. The minimum absolute atomic E-state index is 0.127. The molecule has 3 aromatic rings. The number of nitrogens with zero attached hydrogens (tertiary/aromatic N) is 1. The van der Waals surface area contributed by atoms with Crippen molar-refractivity contribution in [3.8, 4) is 10.6 Å². The molecule has 0 radical (unpaired) electrons. The summed E-state index contributed by atoms with van der Waals surface area (Å²) < 4.78 is 38.6. The lowest BCUT2D eigenvalue weighted by atomic mass is 10.0. The molecule has 0 aliphatic carbocycles. The van der Waals surface area contributed by atoms with Crippen LogP contribution < -0.4 is 15.4 Å². The second-order valence-electron chi connectivity index (χ2n) is 10.4. The molecule has 13 heteroatoms. The van der Waals surface area contributed by atoms with Crippen LogP contribution in [0.15, 0.2) is 47.2 Å². The normalized spacial score (nSPS) is 13.5. The molecule has 0 fully saturated rings. The zero-order chi connectivity index (χ0) is 28.8. The van der Waals surface area contributed by atoms with Crippen molar-refractivity contribution in [3.05, 3.63) is 57.7 Å². The van der Waals surface area contributed by atoms with E-state index in [9.17, 15) is 18.0 Å².